The summed E-state index contributed by atoms with van der Waals surface area (Å²) in [6.07, 6.45) is 3.96. The van der Waals surface area contributed by atoms with Crippen LogP contribution in [0.15, 0.2) is 72.8 Å². The van der Waals surface area contributed by atoms with E-state index in [0.29, 0.717) is 50.7 Å². The molecule has 2 fully saturated rings. The van der Waals surface area contributed by atoms with Crippen LogP contribution in [0.2, 0.25) is 0 Å². The summed E-state index contributed by atoms with van der Waals surface area (Å²) in [4.78, 5) is 35.3. The number of hydrogen-bond donors (Lipinski definition) is 0. The van der Waals surface area contributed by atoms with Crippen LogP contribution < -0.4 is 9.64 Å². The number of hydrogen-bond acceptors (Lipinski definition) is 6. The first-order chi connectivity index (χ1) is 22.0. The number of amides is 2. The number of piperidine rings is 1. The van der Waals surface area contributed by atoms with E-state index in [4.69, 9.17) is 9.47 Å². The number of carbonyl (C=O) groups is 2. The molecule has 3 aliphatic rings. The molecule has 0 radical (unpaired) electrons. The molecule has 0 saturated carbocycles. The lowest BCUT2D eigenvalue weighted by Gasteiger charge is -2.34. The number of morpholine rings is 1. The number of benzene rings is 3. The fourth-order valence-corrected chi connectivity index (χ4v) is 6.70. The van der Waals surface area contributed by atoms with Gasteiger partial charge in [-0.15, -0.1) is 0 Å². The Morgan fingerprint density at radius 2 is 1.62 bits per heavy atom. The molecule has 3 aliphatic heterocycles. The van der Waals surface area contributed by atoms with Crippen molar-refractivity contribution < 1.29 is 19.1 Å². The Bertz CT molecular complexity index is 1430. The van der Waals surface area contributed by atoms with Crippen molar-refractivity contribution in [1.29, 1.82) is 0 Å². The molecule has 8 nitrogen and oxygen atoms in total. The summed E-state index contributed by atoms with van der Waals surface area (Å²) in [5.41, 5.74) is 5.35. The van der Waals surface area contributed by atoms with Gasteiger partial charge in [0, 0.05) is 56.5 Å². The molecule has 8 heteroatoms. The summed E-state index contributed by atoms with van der Waals surface area (Å²) in [6, 6.07) is 25.0. The molecule has 0 aliphatic carbocycles. The van der Waals surface area contributed by atoms with E-state index in [1.54, 1.807) is 4.90 Å². The number of rotatable bonds is 5. The van der Waals surface area contributed by atoms with Gasteiger partial charge in [0.15, 0.2) is 0 Å². The molecule has 3 aromatic rings. The first-order valence-electron chi connectivity index (χ1n) is 16.5. The summed E-state index contributed by atoms with van der Waals surface area (Å²) in [7, 11) is 1.82. The smallest absolute Gasteiger partial charge is 0.253 e. The molecule has 6 rings (SSSR count). The lowest BCUT2D eigenvalue weighted by atomic mass is 9.90. The molecule has 0 aromatic heterocycles. The van der Waals surface area contributed by atoms with Crippen LogP contribution in [0.4, 0.5) is 5.69 Å². The zero-order chi connectivity index (χ0) is 31.0. The second-order valence-electron chi connectivity index (χ2n) is 12.6. The molecular weight excluding hydrogens is 564 g/mol. The summed E-state index contributed by atoms with van der Waals surface area (Å²) >= 11 is 0. The highest BCUT2D eigenvalue weighted by Crippen LogP contribution is 2.29. The van der Waals surface area contributed by atoms with Crippen molar-refractivity contribution >= 4 is 17.5 Å². The second kappa shape index (κ2) is 14.9. The van der Waals surface area contributed by atoms with Gasteiger partial charge >= 0.3 is 0 Å². The number of likely N-dealkylation sites (tertiary alicyclic amines) is 1. The summed E-state index contributed by atoms with van der Waals surface area (Å²) in [5, 5.41) is 0. The maximum atomic E-state index is 13.7. The standard InChI is InChI=1S/C37H46N4O4/c1-38-16-17-41(36(42)28-39-14-12-30(13-15-39)24-29-6-3-2-4-7-29)20-23-45-35-11-10-34(40-18-21-44-22-19-40)27-33(35)26-31-8-5-9-32(25-31)37(38)43/h2-11,25,27,30H,12-24,26,28H2,1H3. The molecule has 2 bridgehead atoms. The summed E-state index contributed by atoms with van der Waals surface area (Å²) in [5.74, 6) is 1.55. The molecule has 45 heavy (non-hydrogen) atoms. The van der Waals surface area contributed by atoms with Crippen LogP contribution in [0.5, 0.6) is 5.75 Å². The van der Waals surface area contributed by atoms with Gasteiger partial charge in [-0.2, -0.15) is 0 Å². The minimum absolute atomic E-state index is 0.0275. The zero-order valence-corrected chi connectivity index (χ0v) is 26.5. The van der Waals surface area contributed by atoms with Crippen molar-refractivity contribution in [2.45, 2.75) is 25.7 Å². The van der Waals surface area contributed by atoms with Gasteiger partial charge in [0.1, 0.15) is 12.4 Å². The summed E-state index contributed by atoms with van der Waals surface area (Å²) < 4.78 is 12.0. The van der Waals surface area contributed by atoms with Crippen molar-refractivity contribution in [3.63, 3.8) is 0 Å². The zero-order valence-electron chi connectivity index (χ0n) is 26.5. The fraction of sp³-hybridized carbons (Fsp3) is 0.459. The van der Waals surface area contributed by atoms with Gasteiger partial charge in [0.2, 0.25) is 5.91 Å². The van der Waals surface area contributed by atoms with Gasteiger partial charge in [-0.1, -0.05) is 42.5 Å². The van der Waals surface area contributed by atoms with Crippen molar-refractivity contribution in [2.24, 2.45) is 5.92 Å². The number of anilines is 1. The van der Waals surface area contributed by atoms with Crippen LogP contribution in [-0.2, 0) is 22.4 Å². The minimum atomic E-state index is -0.0275. The van der Waals surface area contributed by atoms with E-state index in [2.05, 4.69) is 64.4 Å². The Morgan fingerprint density at radius 1 is 0.822 bits per heavy atom. The average molecular weight is 611 g/mol. The monoisotopic (exact) mass is 610 g/mol. The van der Waals surface area contributed by atoms with Crippen molar-refractivity contribution in [3.05, 3.63) is 95.1 Å². The number of nitrogens with zero attached hydrogens (tertiary/aromatic N) is 4. The lowest BCUT2D eigenvalue weighted by Crippen LogP contribution is -2.47. The molecule has 3 aromatic carbocycles. The molecule has 3 heterocycles. The molecule has 238 valence electrons. The van der Waals surface area contributed by atoms with Crippen LogP contribution in [0.1, 0.15) is 39.9 Å². The van der Waals surface area contributed by atoms with Crippen LogP contribution in [-0.4, -0.2) is 106 Å². The van der Waals surface area contributed by atoms with Gasteiger partial charge in [-0.05, 0) is 79.7 Å². The van der Waals surface area contributed by atoms with E-state index in [9.17, 15) is 9.59 Å². The SMILES string of the molecule is CN1CCN(C(=O)CN2CCC(Cc3ccccc3)CC2)CCOc2ccc(N3CCOCC3)cc2Cc2cccc(c2)C1=O. The van der Waals surface area contributed by atoms with Crippen molar-refractivity contribution in [3.8, 4) is 5.75 Å². The second-order valence-corrected chi connectivity index (χ2v) is 12.6. The van der Waals surface area contributed by atoms with E-state index in [1.807, 2.05) is 30.1 Å². The highest BCUT2D eigenvalue weighted by molar-refractivity contribution is 5.94. The molecule has 0 N–H and O–H groups in total. The fourth-order valence-electron chi connectivity index (χ4n) is 6.70. The van der Waals surface area contributed by atoms with Crippen LogP contribution in [0.3, 0.4) is 0 Å². The molecule has 0 spiro atoms. The number of carbonyl (C=O) groups excluding carboxylic acids is 2. The molecule has 2 amide bonds. The van der Waals surface area contributed by atoms with Gasteiger partial charge in [0.05, 0.1) is 26.3 Å². The maximum absolute atomic E-state index is 13.7. The number of ether oxygens (including phenoxy) is 2. The highest BCUT2D eigenvalue weighted by atomic mass is 16.5. The normalized spacial score (nSPS) is 19.0. The van der Waals surface area contributed by atoms with Crippen LogP contribution in [0.25, 0.3) is 0 Å². The van der Waals surface area contributed by atoms with Gasteiger partial charge in [-0.25, -0.2) is 0 Å². The van der Waals surface area contributed by atoms with Crippen molar-refractivity contribution in [2.75, 3.05) is 84.1 Å². The lowest BCUT2D eigenvalue weighted by molar-refractivity contribution is -0.133. The predicted molar refractivity (Wildman–Crippen MR) is 177 cm³/mol. The minimum Gasteiger partial charge on any atom is -0.491 e. The van der Waals surface area contributed by atoms with Crippen molar-refractivity contribution in [1.82, 2.24) is 14.7 Å². The van der Waals surface area contributed by atoms with E-state index in [0.717, 1.165) is 81.2 Å². The first kappa shape index (κ1) is 31.1. The van der Waals surface area contributed by atoms with Gasteiger partial charge in [-0.3, -0.25) is 14.5 Å². The quantitative estimate of drug-likeness (QED) is 0.428. The molecule has 0 unspecified atom stereocenters. The first-order valence-corrected chi connectivity index (χ1v) is 16.5. The largest absolute Gasteiger partial charge is 0.491 e. The third-order valence-electron chi connectivity index (χ3n) is 9.45. The Hall–Kier alpha value is -3.88. The van der Waals surface area contributed by atoms with Gasteiger partial charge in [0.25, 0.3) is 5.91 Å². The van der Waals surface area contributed by atoms with E-state index < -0.39 is 0 Å². The van der Waals surface area contributed by atoms with Gasteiger partial charge < -0.3 is 24.2 Å². The molecule has 2 saturated heterocycles. The highest BCUT2D eigenvalue weighted by Gasteiger charge is 2.25. The number of fused-ring (bicyclic) bond motifs is 3. The Balaban J connectivity index is 1.14. The third kappa shape index (κ3) is 8.24. The predicted octanol–water partition coefficient (Wildman–Crippen LogP) is 4.36. The third-order valence-corrected chi connectivity index (χ3v) is 9.45. The van der Waals surface area contributed by atoms with Crippen LogP contribution in [0, 0.1) is 5.92 Å². The molecule has 0 atom stereocenters. The topological polar surface area (TPSA) is 65.6 Å². The Morgan fingerprint density at radius 3 is 2.42 bits per heavy atom. The number of likely N-dealkylation sites (N-methyl/N-ethyl adjacent to an activating group) is 1. The van der Waals surface area contributed by atoms with Crippen LogP contribution >= 0.6 is 0 Å². The van der Waals surface area contributed by atoms with E-state index in [1.165, 1.54) is 5.56 Å². The Kier molecular flexibility index (Phi) is 10.3. The molecular formula is C37H46N4O4. The Labute approximate surface area is 267 Å². The van der Waals surface area contributed by atoms with E-state index >= 15 is 0 Å². The maximum Gasteiger partial charge on any atom is 0.253 e. The summed E-state index contributed by atoms with van der Waals surface area (Å²) in [6.45, 7) is 7.23. The van der Waals surface area contributed by atoms with E-state index in [-0.39, 0.29) is 11.8 Å². The average Bonchev–Trinajstić information content (AvgIpc) is 3.07.